The monoisotopic (exact) mass is 144 g/mol. The lowest BCUT2D eigenvalue weighted by Crippen LogP contribution is -2.23. The van der Waals surface area contributed by atoms with Gasteiger partial charge in [-0.05, 0) is 0 Å². The lowest BCUT2D eigenvalue weighted by Gasteiger charge is -2.07. The first-order valence-corrected chi connectivity index (χ1v) is 3.02. The Morgan fingerprint density at radius 1 is 1.30 bits per heavy atom. The topological polar surface area (TPSA) is 63.4 Å². The maximum atomic E-state index is 10.8. The van der Waals surface area contributed by atoms with E-state index in [4.69, 9.17) is 5.73 Å². The second kappa shape index (κ2) is 3.87. The van der Waals surface area contributed by atoms with E-state index in [0.29, 0.717) is 0 Å². The van der Waals surface area contributed by atoms with Gasteiger partial charge in [-0.3, -0.25) is 9.59 Å². The van der Waals surface area contributed by atoms with Crippen LogP contribution in [0.3, 0.4) is 0 Å². The summed E-state index contributed by atoms with van der Waals surface area (Å²) in [5.41, 5.74) is 4.83. The van der Waals surface area contributed by atoms with E-state index >= 15 is 0 Å². The number of nitrogens with zero attached hydrogens (tertiary/aromatic N) is 1. The van der Waals surface area contributed by atoms with Gasteiger partial charge in [0, 0.05) is 26.9 Å². The molecule has 0 aromatic rings. The van der Waals surface area contributed by atoms with Gasteiger partial charge in [-0.1, -0.05) is 0 Å². The van der Waals surface area contributed by atoms with E-state index in [-0.39, 0.29) is 18.7 Å². The van der Waals surface area contributed by atoms with Gasteiger partial charge in [-0.15, -0.1) is 0 Å². The molecule has 0 aromatic carbocycles. The summed E-state index contributed by atoms with van der Waals surface area (Å²) in [5.74, 6) is -0.506. The number of nitrogens with two attached hydrogens (primary N) is 1. The summed E-state index contributed by atoms with van der Waals surface area (Å²) >= 11 is 0. The van der Waals surface area contributed by atoms with E-state index in [1.807, 2.05) is 0 Å². The second-order valence-corrected chi connectivity index (χ2v) is 2.25. The van der Waals surface area contributed by atoms with E-state index in [1.54, 1.807) is 14.1 Å². The van der Waals surface area contributed by atoms with Crippen molar-refractivity contribution in [3.8, 4) is 0 Å². The molecule has 4 heteroatoms. The number of primary amides is 1. The summed E-state index contributed by atoms with van der Waals surface area (Å²) in [4.78, 5) is 22.4. The molecule has 0 rings (SSSR count). The van der Waals surface area contributed by atoms with Crippen LogP contribution >= 0.6 is 0 Å². The minimum absolute atomic E-state index is 0.0706. The summed E-state index contributed by atoms with van der Waals surface area (Å²) in [6.45, 7) is 0. The molecule has 0 aromatic heterocycles. The first-order valence-electron chi connectivity index (χ1n) is 3.02. The molecule has 0 unspecified atom stereocenters. The maximum absolute atomic E-state index is 10.8. The summed E-state index contributed by atoms with van der Waals surface area (Å²) in [6.07, 6.45) is 0.347. The SMILES string of the molecule is CN(C)C(=O)CCC(N)=O. The van der Waals surface area contributed by atoms with Crippen molar-refractivity contribution in [2.75, 3.05) is 14.1 Å². The average Bonchev–Trinajstić information content (AvgIpc) is 1.82. The van der Waals surface area contributed by atoms with Crippen LogP contribution in [0.2, 0.25) is 0 Å². The van der Waals surface area contributed by atoms with Gasteiger partial charge in [0.25, 0.3) is 0 Å². The smallest absolute Gasteiger partial charge is 0.222 e. The van der Waals surface area contributed by atoms with E-state index in [9.17, 15) is 9.59 Å². The lowest BCUT2D eigenvalue weighted by atomic mass is 10.3. The highest BCUT2D eigenvalue weighted by atomic mass is 16.2. The highest BCUT2D eigenvalue weighted by Crippen LogP contribution is 1.91. The highest BCUT2D eigenvalue weighted by Gasteiger charge is 2.04. The third-order valence-corrected chi connectivity index (χ3v) is 1.08. The standard InChI is InChI=1S/C6H12N2O2/c1-8(2)6(10)4-3-5(7)9/h3-4H2,1-2H3,(H2,7,9). The maximum Gasteiger partial charge on any atom is 0.222 e. The normalized spacial score (nSPS) is 9.00. The van der Waals surface area contributed by atoms with Crippen molar-refractivity contribution in [1.82, 2.24) is 4.90 Å². The molecule has 0 atom stereocenters. The number of rotatable bonds is 3. The van der Waals surface area contributed by atoms with Gasteiger partial charge in [-0.25, -0.2) is 0 Å². The molecule has 58 valence electrons. The van der Waals surface area contributed by atoms with Gasteiger partial charge < -0.3 is 10.6 Å². The van der Waals surface area contributed by atoms with Crippen molar-refractivity contribution in [1.29, 1.82) is 0 Å². The molecule has 4 nitrogen and oxygen atoms in total. The van der Waals surface area contributed by atoms with Gasteiger partial charge >= 0.3 is 0 Å². The van der Waals surface area contributed by atoms with Crippen LogP contribution in [0, 0.1) is 0 Å². The molecule has 0 aliphatic carbocycles. The third-order valence-electron chi connectivity index (χ3n) is 1.08. The molecule has 2 amide bonds. The number of hydrogen-bond acceptors (Lipinski definition) is 2. The van der Waals surface area contributed by atoms with Crippen molar-refractivity contribution < 1.29 is 9.59 Å². The minimum Gasteiger partial charge on any atom is -0.370 e. The zero-order chi connectivity index (χ0) is 8.15. The van der Waals surface area contributed by atoms with Crippen molar-refractivity contribution in [2.45, 2.75) is 12.8 Å². The Kier molecular flexibility index (Phi) is 3.46. The van der Waals surface area contributed by atoms with Crippen molar-refractivity contribution in [2.24, 2.45) is 5.73 Å². The average molecular weight is 144 g/mol. The third kappa shape index (κ3) is 3.88. The molecule has 0 aliphatic heterocycles. The molecular formula is C6H12N2O2. The van der Waals surface area contributed by atoms with Crippen molar-refractivity contribution in [3.05, 3.63) is 0 Å². The predicted molar refractivity (Wildman–Crippen MR) is 37.1 cm³/mol. The summed E-state index contributed by atoms with van der Waals surface area (Å²) < 4.78 is 0. The molecular weight excluding hydrogens is 132 g/mol. The van der Waals surface area contributed by atoms with E-state index in [2.05, 4.69) is 0 Å². The first-order chi connectivity index (χ1) is 4.54. The number of carbonyl (C=O) groups is 2. The summed E-state index contributed by atoms with van der Waals surface area (Å²) in [7, 11) is 3.28. The largest absolute Gasteiger partial charge is 0.370 e. The fraction of sp³-hybridized carbons (Fsp3) is 0.667. The van der Waals surface area contributed by atoms with Crippen LogP contribution in [0.1, 0.15) is 12.8 Å². The summed E-state index contributed by atoms with van der Waals surface area (Å²) in [6, 6.07) is 0. The first kappa shape index (κ1) is 8.94. The Labute approximate surface area is 60.0 Å². The Balaban J connectivity index is 3.50. The van der Waals surface area contributed by atoms with E-state index in [1.165, 1.54) is 4.90 Å². The van der Waals surface area contributed by atoms with Gasteiger partial charge in [-0.2, -0.15) is 0 Å². The fourth-order valence-corrected chi connectivity index (χ4v) is 0.454. The number of hydrogen-bond donors (Lipinski definition) is 1. The zero-order valence-corrected chi connectivity index (χ0v) is 6.26. The van der Waals surface area contributed by atoms with Crippen molar-refractivity contribution in [3.63, 3.8) is 0 Å². The van der Waals surface area contributed by atoms with E-state index < -0.39 is 5.91 Å². The molecule has 10 heavy (non-hydrogen) atoms. The van der Waals surface area contributed by atoms with Crippen LogP contribution in [0.5, 0.6) is 0 Å². The Morgan fingerprint density at radius 2 is 1.80 bits per heavy atom. The molecule has 0 spiro atoms. The van der Waals surface area contributed by atoms with Gasteiger partial charge in [0.15, 0.2) is 0 Å². The van der Waals surface area contributed by atoms with Crippen LogP contribution in [0.15, 0.2) is 0 Å². The lowest BCUT2D eigenvalue weighted by molar-refractivity contribution is -0.130. The fourth-order valence-electron chi connectivity index (χ4n) is 0.454. The molecule has 0 saturated heterocycles. The zero-order valence-electron chi connectivity index (χ0n) is 6.26. The van der Waals surface area contributed by atoms with Gasteiger partial charge in [0.2, 0.25) is 11.8 Å². The van der Waals surface area contributed by atoms with Gasteiger partial charge in [0.1, 0.15) is 0 Å². The van der Waals surface area contributed by atoms with Crippen LogP contribution in [-0.4, -0.2) is 30.8 Å². The highest BCUT2D eigenvalue weighted by molar-refractivity contribution is 5.82. The Bertz CT molecular complexity index is 143. The second-order valence-electron chi connectivity index (χ2n) is 2.25. The van der Waals surface area contributed by atoms with Crippen LogP contribution in [0.4, 0.5) is 0 Å². The minimum atomic E-state index is -0.435. The molecule has 0 aliphatic rings. The molecule has 0 radical (unpaired) electrons. The molecule has 2 N–H and O–H groups in total. The summed E-state index contributed by atoms with van der Waals surface area (Å²) in [5, 5.41) is 0. The predicted octanol–water partition coefficient (Wildman–Crippen LogP) is -0.660. The quantitative estimate of drug-likeness (QED) is 0.571. The van der Waals surface area contributed by atoms with Crippen molar-refractivity contribution >= 4 is 11.8 Å². The molecule has 0 saturated carbocycles. The van der Waals surface area contributed by atoms with Crippen LogP contribution < -0.4 is 5.73 Å². The number of amides is 2. The van der Waals surface area contributed by atoms with Crippen LogP contribution in [0.25, 0.3) is 0 Å². The Morgan fingerprint density at radius 3 is 2.10 bits per heavy atom. The molecule has 0 bridgehead atoms. The number of carbonyl (C=O) groups excluding carboxylic acids is 2. The molecule has 0 heterocycles. The van der Waals surface area contributed by atoms with Gasteiger partial charge in [0.05, 0.1) is 0 Å². The Hall–Kier alpha value is -1.06. The van der Waals surface area contributed by atoms with E-state index in [0.717, 1.165) is 0 Å². The molecule has 0 fully saturated rings. The van der Waals surface area contributed by atoms with Crippen LogP contribution in [-0.2, 0) is 9.59 Å².